The molecule has 0 unspecified atom stereocenters. The molecule has 1 aliphatic carbocycles. The fourth-order valence-corrected chi connectivity index (χ4v) is 2.69. The number of aliphatic hydroxyl groups is 1. The van der Waals surface area contributed by atoms with E-state index in [1.165, 1.54) is 45.2 Å². The number of likely N-dealkylation sites (N-methyl/N-ethyl adjacent to an activating group) is 1. The highest BCUT2D eigenvalue weighted by molar-refractivity contribution is 4.87. The van der Waals surface area contributed by atoms with E-state index in [4.69, 9.17) is 5.11 Å². The minimum atomic E-state index is 0.309. The van der Waals surface area contributed by atoms with Crippen LogP contribution in [0.5, 0.6) is 0 Å². The van der Waals surface area contributed by atoms with Gasteiger partial charge in [0.25, 0.3) is 0 Å². The highest BCUT2D eigenvalue weighted by Crippen LogP contribution is 2.27. The van der Waals surface area contributed by atoms with Crippen molar-refractivity contribution in [1.82, 2.24) is 9.80 Å². The van der Waals surface area contributed by atoms with Crippen LogP contribution in [0.15, 0.2) is 0 Å². The summed E-state index contributed by atoms with van der Waals surface area (Å²) in [5.74, 6) is 0. The molecule has 1 atom stereocenters. The number of β-amino-alcohol motifs (C(OH)–C–C–N with tert-alkyl or cyclic N) is 1. The van der Waals surface area contributed by atoms with Crippen molar-refractivity contribution in [2.24, 2.45) is 0 Å². The first-order valence-corrected chi connectivity index (χ1v) is 6.36. The molecular formula is C12H24N2O. The molecule has 0 aromatic heterocycles. The summed E-state index contributed by atoms with van der Waals surface area (Å²) in [5.41, 5.74) is 0. The van der Waals surface area contributed by atoms with E-state index in [2.05, 4.69) is 16.8 Å². The Labute approximate surface area is 93.1 Å². The molecule has 2 rings (SSSR count). The summed E-state index contributed by atoms with van der Waals surface area (Å²) in [7, 11) is 2.25. The van der Waals surface area contributed by atoms with Crippen LogP contribution in [0.4, 0.5) is 0 Å². The molecule has 1 aliphatic heterocycles. The monoisotopic (exact) mass is 212 g/mol. The molecule has 2 aliphatic rings. The molecule has 15 heavy (non-hydrogen) atoms. The van der Waals surface area contributed by atoms with Crippen molar-refractivity contribution in [3.8, 4) is 0 Å². The van der Waals surface area contributed by atoms with Gasteiger partial charge in [0, 0.05) is 25.2 Å². The minimum absolute atomic E-state index is 0.309. The molecule has 1 N–H and O–H groups in total. The standard InChI is InChI=1S/C12H24N2O/c1-13(11-5-6-11)10-12-4-2-3-7-14(12)8-9-15/h11-12,15H,2-10H2,1H3/t12-/m1/s1. The van der Waals surface area contributed by atoms with Crippen molar-refractivity contribution < 1.29 is 5.11 Å². The van der Waals surface area contributed by atoms with Gasteiger partial charge in [-0.15, -0.1) is 0 Å². The zero-order valence-corrected chi connectivity index (χ0v) is 9.86. The Bertz CT molecular complexity index is 192. The normalized spacial score (nSPS) is 28.6. The SMILES string of the molecule is CN(C[C@H]1CCCCN1CCO)C1CC1. The van der Waals surface area contributed by atoms with Gasteiger partial charge in [0.15, 0.2) is 0 Å². The summed E-state index contributed by atoms with van der Waals surface area (Å²) in [6, 6.07) is 1.56. The average Bonchev–Trinajstić information content (AvgIpc) is 3.04. The predicted molar refractivity (Wildman–Crippen MR) is 61.9 cm³/mol. The highest BCUT2D eigenvalue weighted by Gasteiger charge is 2.30. The molecule has 0 aromatic rings. The Morgan fingerprint density at radius 1 is 1.27 bits per heavy atom. The highest BCUT2D eigenvalue weighted by atomic mass is 16.3. The van der Waals surface area contributed by atoms with Crippen molar-refractivity contribution in [2.75, 3.05) is 33.3 Å². The maximum atomic E-state index is 9.04. The van der Waals surface area contributed by atoms with E-state index in [0.717, 1.165) is 12.6 Å². The minimum Gasteiger partial charge on any atom is -0.395 e. The first-order chi connectivity index (χ1) is 7.31. The smallest absolute Gasteiger partial charge is 0.0558 e. The molecule has 0 spiro atoms. The van der Waals surface area contributed by atoms with Gasteiger partial charge in [0.2, 0.25) is 0 Å². The zero-order valence-electron chi connectivity index (χ0n) is 9.86. The van der Waals surface area contributed by atoms with Crippen LogP contribution in [-0.2, 0) is 0 Å². The maximum absolute atomic E-state index is 9.04. The van der Waals surface area contributed by atoms with Crippen molar-refractivity contribution >= 4 is 0 Å². The molecule has 88 valence electrons. The summed E-state index contributed by atoms with van der Waals surface area (Å²) in [6.45, 7) is 3.56. The first-order valence-electron chi connectivity index (χ1n) is 6.36. The Morgan fingerprint density at radius 2 is 2.07 bits per heavy atom. The molecule has 1 saturated heterocycles. The van der Waals surface area contributed by atoms with Gasteiger partial charge in [0.05, 0.1) is 6.61 Å². The Kier molecular flexibility index (Phi) is 4.00. The van der Waals surface area contributed by atoms with Crippen LogP contribution in [0.1, 0.15) is 32.1 Å². The number of hydrogen-bond donors (Lipinski definition) is 1. The van der Waals surface area contributed by atoms with Crippen LogP contribution < -0.4 is 0 Å². The molecule has 0 radical (unpaired) electrons. The molecule has 1 saturated carbocycles. The Balaban J connectivity index is 1.80. The second-order valence-corrected chi connectivity index (χ2v) is 5.08. The van der Waals surface area contributed by atoms with E-state index in [9.17, 15) is 0 Å². The molecule has 3 nitrogen and oxygen atoms in total. The number of likely N-dealkylation sites (tertiary alicyclic amines) is 1. The van der Waals surface area contributed by atoms with Gasteiger partial charge in [0.1, 0.15) is 0 Å². The molecule has 1 heterocycles. The lowest BCUT2D eigenvalue weighted by Crippen LogP contribution is -2.47. The van der Waals surface area contributed by atoms with Crippen molar-refractivity contribution in [2.45, 2.75) is 44.2 Å². The van der Waals surface area contributed by atoms with Crippen LogP contribution in [0.3, 0.4) is 0 Å². The lowest BCUT2D eigenvalue weighted by molar-refractivity contribution is 0.0907. The van der Waals surface area contributed by atoms with Crippen LogP contribution in [-0.4, -0.2) is 60.3 Å². The van der Waals surface area contributed by atoms with Crippen molar-refractivity contribution in [1.29, 1.82) is 0 Å². The lowest BCUT2D eigenvalue weighted by atomic mass is 10.0. The van der Waals surface area contributed by atoms with E-state index in [-0.39, 0.29) is 0 Å². The van der Waals surface area contributed by atoms with Crippen molar-refractivity contribution in [3.05, 3.63) is 0 Å². The topological polar surface area (TPSA) is 26.7 Å². The summed E-state index contributed by atoms with van der Waals surface area (Å²) >= 11 is 0. The number of piperidine rings is 1. The Hall–Kier alpha value is -0.120. The van der Waals surface area contributed by atoms with E-state index >= 15 is 0 Å². The second kappa shape index (κ2) is 5.28. The summed E-state index contributed by atoms with van der Waals surface area (Å²) in [4.78, 5) is 4.99. The second-order valence-electron chi connectivity index (χ2n) is 5.08. The number of rotatable bonds is 5. The molecule has 2 fully saturated rings. The molecular weight excluding hydrogens is 188 g/mol. The summed E-state index contributed by atoms with van der Waals surface area (Å²) in [5, 5.41) is 9.04. The lowest BCUT2D eigenvalue weighted by Gasteiger charge is -2.37. The number of aliphatic hydroxyl groups excluding tert-OH is 1. The van der Waals surface area contributed by atoms with Crippen LogP contribution in [0.25, 0.3) is 0 Å². The molecule has 3 heteroatoms. The summed E-state index contributed by atoms with van der Waals surface area (Å²) in [6.07, 6.45) is 6.78. The number of hydrogen-bond acceptors (Lipinski definition) is 3. The quantitative estimate of drug-likeness (QED) is 0.734. The van der Waals surface area contributed by atoms with E-state index < -0.39 is 0 Å². The average molecular weight is 212 g/mol. The zero-order chi connectivity index (χ0) is 10.7. The largest absolute Gasteiger partial charge is 0.395 e. The summed E-state index contributed by atoms with van der Waals surface area (Å²) < 4.78 is 0. The van der Waals surface area contributed by atoms with Gasteiger partial charge in [-0.2, -0.15) is 0 Å². The van der Waals surface area contributed by atoms with Crippen molar-refractivity contribution in [3.63, 3.8) is 0 Å². The fraction of sp³-hybridized carbons (Fsp3) is 1.00. The van der Waals surface area contributed by atoms with E-state index in [1.54, 1.807) is 0 Å². The van der Waals surface area contributed by atoms with Gasteiger partial charge in [-0.05, 0) is 39.3 Å². The van der Waals surface area contributed by atoms with Gasteiger partial charge in [-0.1, -0.05) is 6.42 Å². The van der Waals surface area contributed by atoms with Crippen LogP contribution in [0.2, 0.25) is 0 Å². The van der Waals surface area contributed by atoms with Gasteiger partial charge in [-0.25, -0.2) is 0 Å². The molecule has 0 bridgehead atoms. The molecule has 0 amide bonds. The van der Waals surface area contributed by atoms with Gasteiger partial charge >= 0.3 is 0 Å². The van der Waals surface area contributed by atoms with Crippen LogP contribution in [0, 0.1) is 0 Å². The third-order valence-corrected chi connectivity index (χ3v) is 3.81. The van der Waals surface area contributed by atoms with Gasteiger partial charge in [-0.3, -0.25) is 4.90 Å². The fourth-order valence-electron chi connectivity index (χ4n) is 2.69. The number of nitrogens with zero attached hydrogens (tertiary/aromatic N) is 2. The maximum Gasteiger partial charge on any atom is 0.0558 e. The third kappa shape index (κ3) is 3.16. The van der Waals surface area contributed by atoms with E-state index in [0.29, 0.717) is 12.6 Å². The third-order valence-electron chi connectivity index (χ3n) is 3.81. The van der Waals surface area contributed by atoms with E-state index in [1.807, 2.05) is 0 Å². The first kappa shape index (κ1) is 11.4. The van der Waals surface area contributed by atoms with Crippen LogP contribution >= 0.6 is 0 Å². The van der Waals surface area contributed by atoms with Gasteiger partial charge < -0.3 is 10.0 Å². The Morgan fingerprint density at radius 3 is 2.73 bits per heavy atom. The predicted octanol–water partition coefficient (Wildman–Crippen LogP) is 0.927. The molecule has 0 aromatic carbocycles.